The molecule has 0 unspecified atom stereocenters. The lowest BCUT2D eigenvalue weighted by atomic mass is 10.1. The number of hydrogen-bond donors (Lipinski definition) is 1. The number of aromatic amines is 1. The van der Waals surface area contributed by atoms with Gasteiger partial charge in [-0.05, 0) is 30.7 Å². The molecule has 1 aliphatic rings. The van der Waals surface area contributed by atoms with E-state index in [0.717, 1.165) is 10.9 Å². The van der Waals surface area contributed by atoms with E-state index in [0.29, 0.717) is 59.1 Å². The molecule has 1 N–H and O–H groups in total. The minimum Gasteiger partial charge on any atom is -0.435 e. The minimum absolute atomic E-state index is 0.0606. The van der Waals surface area contributed by atoms with Gasteiger partial charge in [-0.2, -0.15) is 0 Å². The summed E-state index contributed by atoms with van der Waals surface area (Å²) < 4.78 is 11.2. The molecule has 0 saturated carbocycles. The maximum absolute atomic E-state index is 13.0. The van der Waals surface area contributed by atoms with Gasteiger partial charge in [-0.25, -0.2) is 4.98 Å². The Hall–Kier alpha value is -2.28. The second-order valence-corrected chi connectivity index (χ2v) is 7.12. The minimum atomic E-state index is -0.0606. The molecule has 0 radical (unpaired) electrons. The summed E-state index contributed by atoms with van der Waals surface area (Å²) in [6.45, 7) is 4.17. The highest BCUT2D eigenvalue weighted by Gasteiger charge is 2.24. The smallest absolute Gasteiger partial charge is 0.256 e. The van der Waals surface area contributed by atoms with E-state index in [1.165, 1.54) is 0 Å². The van der Waals surface area contributed by atoms with Crippen LogP contribution < -0.4 is 4.74 Å². The lowest BCUT2D eigenvalue weighted by molar-refractivity contribution is 0.0304. The first kappa shape index (κ1) is 18.1. The molecule has 1 amide bonds. The highest BCUT2D eigenvalue weighted by Crippen LogP contribution is 2.35. The fourth-order valence-corrected chi connectivity index (χ4v) is 3.58. The van der Waals surface area contributed by atoms with Crippen LogP contribution in [-0.4, -0.2) is 47.1 Å². The van der Waals surface area contributed by atoms with E-state index < -0.39 is 0 Å². The summed E-state index contributed by atoms with van der Waals surface area (Å²) in [6, 6.07) is 4.98. The van der Waals surface area contributed by atoms with Crippen molar-refractivity contribution in [1.29, 1.82) is 0 Å². The molecule has 2 aromatic heterocycles. The Kier molecular flexibility index (Phi) is 4.95. The number of halogens is 2. The third-order valence-corrected chi connectivity index (χ3v) is 5.03. The topological polar surface area (TPSA) is 67.5 Å². The third kappa shape index (κ3) is 3.48. The van der Waals surface area contributed by atoms with Gasteiger partial charge in [0.05, 0.1) is 23.8 Å². The zero-order valence-corrected chi connectivity index (χ0v) is 16.1. The molecule has 140 valence electrons. The van der Waals surface area contributed by atoms with Gasteiger partial charge < -0.3 is 19.4 Å². The van der Waals surface area contributed by atoms with Gasteiger partial charge in [0.2, 0.25) is 5.88 Å². The van der Waals surface area contributed by atoms with Crippen molar-refractivity contribution in [3.05, 3.63) is 51.8 Å². The molecule has 0 bridgehead atoms. The SMILES string of the molecule is Cc1c[nH]c2c(Oc3ccc(Cl)cc3Cl)ncc(C(=O)N3CCOCC3)c12. The standard InChI is InChI=1S/C19H17Cl2N3O3/c1-11-9-22-17-16(11)13(19(25)24-4-6-26-7-5-24)10-23-18(17)27-15-3-2-12(20)8-14(15)21/h2-3,8-10,22H,4-7H2,1H3. The van der Waals surface area contributed by atoms with Crippen molar-refractivity contribution in [1.82, 2.24) is 14.9 Å². The van der Waals surface area contributed by atoms with E-state index in [-0.39, 0.29) is 5.91 Å². The Morgan fingerprint density at radius 2 is 2.07 bits per heavy atom. The zero-order chi connectivity index (χ0) is 19.0. The number of pyridine rings is 1. The maximum atomic E-state index is 13.0. The molecule has 4 rings (SSSR count). The fourth-order valence-electron chi connectivity index (χ4n) is 3.13. The number of carbonyl (C=O) groups is 1. The van der Waals surface area contributed by atoms with E-state index in [4.69, 9.17) is 32.7 Å². The number of benzene rings is 1. The van der Waals surface area contributed by atoms with Crippen LogP contribution in [0.5, 0.6) is 11.6 Å². The lowest BCUT2D eigenvalue weighted by Gasteiger charge is -2.27. The molecule has 3 heterocycles. The molecule has 0 aliphatic carbocycles. The summed E-state index contributed by atoms with van der Waals surface area (Å²) in [6.07, 6.45) is 3.39. The Bertz CT molecular complexity index is 1010. The van der Waals surface area contributed by atoms with E-state index in [1.54, 1.807) is 29.3 Å². The number of ether oxygens (including phenoxy) is 2. The van der Waals surface area contributed by atoms with Crippen LogP contribution in [0.1, 0.15) is 15.9 Å². The maximum Gasteiger partial charge on any atom is 0.256 e. The summed E-state index contributed by atoms with van der Waals surface area (Å²) >= 11 is 12.1. The Labute approximate surface area is 166 Å². The van der Waals surface area contributed by atoms with Crippen molar-refractivity contribution >= 4 is 40.0 Å². The van der Waals surface area contributed by atoms with Crippen molar-refractivity contribution in [2.24, 2.45) is 0 Å². The predicted molar refractivity (Wildman–Crippen MR) is 104 cm³/mol. The number of nitrogens with one attached hydrogen (secondary N) is 1. The lowest BCUT2D eigenvalue weighted by Crippen LogP contribution is -2.40. The van der Waals surface area contributed by atoms with Crippen LogP contribution in [0.15, 0.2) is 30.6 Å². The summed E-state index contributed by atoms with van der Waals surface area (Å²) in [5.41, 5.74) is 2.13. The average Bonchev–Trinajstić information content (AvgIpc) is 3.07. The second kappa shape index (κ2) is 7.38. The normalized spacial score (nSPS) is 14.6. The molecule has 0 spiro atoms. The number of carbonyl (C=O) groups excluding carboxylic acids is 1. The van der Waals surface area contributed by atoms with Crippen molar-refractivity contribution in [3.63, 3.8) is 0 Å². The Morgan fingerprint density at radius 3 is 2.81 bits per heavy atom. The highest BCUT2D eigenvalue weighted by molar-refractivity contribution is 6.35. The fraction of sp³-hybridized carbons (Fsp3) is 0.263. The number of fused-ring (bicyclic) bond motifs is 1. The molecule has 0 atom stereocenters. The zero-order valence-electron chi connectivity index (χ0n) is 14.6. The van der Waals surface area contributed by atoms with Crippen molar-refractivity contribution in [3.8, 4) is 11.6 Å². The van der Waals surface area contributed by atoms with Gasteiger partial charge in [-0.1, -0.05) is 23.2 Å². The number of morpholine rings is 1. The molecule has 1 fully saturated rings. The number of amides is 1. The van der Waals surface area contributed by atoms with Crippen LogP contribution in [0.2, 0.25) is 10.0 Å². The number of nitrogens with zero attached hydrogens (tertiary/aromatic N) is 2. The average molecular weight is 406 g/mol. The van der Waals surface area contributed by atoms with Crippen LogP contribution in [0, 0.1) is 6.92 Å². The summed E-state index contributed by atoms with van der Waals surface area (Å²) in [4.78, 5) is 22.3. The Balaban J connectivity index is 1.73. The number of H-pyrrole nitrogens is 1. The van der Waals surface area contributed by atoms with Crippen LogP contribution in [0.3, 0.4) is 0 Å². The molecule has 3 aromatic rings. The molecule has 1 aromatic carbocycles. The van der Waals surface area contributed by atoms with Gasteiger partial charge in [0.1, 0.15) is 11.3 Å². The molecular weight excluding hydrogens is 389 g/mol. The molecule has 6 nitrogen and oxygen atoms in total. The first-order chi connectivity index (χ1) is 13.0. The third-order valence-electron chi connectivity index (χ3n) is 4.50. The van der Waals surface area contributed by atoms with E-state index in [2.05, 4.69) is 9.97 Å². The van der Waals surface area contributed by atoms with Crippen LogP contribution in [0.4, 0.5) is 0 Å². The summed E-state index contributed by atoms with van der Waals surface area (Å²) in [7, 11) is 0. The van der Waals surface area contributed by atoms with Gasteiger partial charge in [-0.3, -0.25) is 4.79 Å². The second-order valence-electron chi connectivity index (χ2n) is 6.28. The molecule has 27 heavy (non-hydrogen) atoms. The number of rotatable bonds is 3. The molecule has 1 aliphatic heterocycles. The van der Waals surface area contributed by atoms with Crippen molar-refractivity contribution < 1.29 is 14.3 Å². The number of aromatic nitrogens is 2. The van der Waals surface area contributed by atoms with Crippen LogP contribution >= 0.6 is 23.2 Å². The van der Waals surface area contributed by atoms with E-state index >= 15 is 0 Å². The summed E-state index contributed by atoms with van der Waals surface area (Å²) in [5.74, 6) is 0.727. The van der Waals surface area contributed by atoms with Gasteiger partial charge in [0.15, 0.2) is 0 Å². The van der Waals surface area contributed by atoms with Crippen LogP contribution in [0.25, 0.3) is 10.9 Å². The van der Waals surface area contributed by atoms with Gasteiger partial charge in [0, 0.05) is 35.9 Å². The first-order valence-corrected chi connectivity index (χ1v) is 9.27. The number of hydrogen-bond acceptors (Lipinski definition) is 4. The van der Waals surface area contributed by atoms with Crippen molar-refractivity contribution in [2.45, 2.75) is 6.92 Å². The van der Waals surface area contributed by atoms with Gasteiger partial charge in [-0.15, -0.1) is 0 Å². The van der Waals surface area contributed by atoms with Gasteiger partial charge >= 0.3 is 0 Å². The molecule has 1 saturated heterocycles. The van der Waals surface area contributed by atoms with Gasteiger partial charge in [0.25, 0.3) is 5.91 Å². The van der Waals surface area contributed by atoms with E-state index in [9.17, 15) is 4.79 Å². The quantitative estimate of drug-likeness (QED) is 0.698. The molecular formula is C19H17Cl2N3O3. The first-order valence-electron chi connectivity index (χ1n) is 8.51. The predicted octanol–water partition coefficient (Wildman–Crippen LogP) is 4.44. The number of aryl methyl sites for hydroxylation is 1. The molecule has 8 heteroatoms. The van der Waals surface area contributed by atoms with Crippen molar-refractivity contribution in [2.75, 3.05) is 26.3 Å². The van der Waals surface area contributed by atoms with E-state index in [1.807, 2.05) is 13.1 Å². The van der Waals surface area contributed by atoms with Crippen LogP contribution in [-0.2, 0) is 4.74 Å². The monoisotopic (exact) mass is 405 g/mol. The Morgan fingerprint density at radius 1 is 1.30 bits per heavy atom. The summed E-state index contributed by atoms with van der Waals surface area (Å²) in [5, 5.41) is 1.70. The largest absolute Gasteiger partial charge is 0.435 e. The highest BCUT2D eigenvalue weighted by atomic mass is 35.5.